The first-order chi connectivity index (χ1) is 14.0. The minimum atomic E-state index is -3.99. The van der Waals surface area contributed by atoms with E-state index in [4.69, 9.17) is 11.6 Å². The van der Waals surface area contributed by atoms with E-state index in [1.807, 2.05) is 0 Å². The number of rotatable bonds is 7. The maximum Gasteiger partial charge on any atom is 0.264 e. The summed E-state index contributed by atoms with van der Waals surface area (Å²) in [6, 6.07) is 19.4. The quantitative estimate of drug-likeness (QED) is 0.462. The summed E-state index contributed by atoms with van der Waals surface area (Å²) in [5.74, 6) is -0.599. The molecule has 0 aliphatic rings. The van der Waals surface area contributed by atoms with E-state index < -0.39 is 22.5 Å². The van der Waals surface area contributed by atoms with Gasteiger partial charge in [0.1, 0.15) is 6.54 Å². The molecule has 1 amide bonds. The lowest BCUT2D eigenvalue weighted by Gasteiger charge is -2.23. The largest absolute Gasteiger partial charge is 0.271 e. The van der Waals surface area contributed by atoms with Crippen LogP contribution >= 0.6 is 11.6 Å². The van der Waals surface area contributed by atoms with Gasteiger partial charge in [-0.05, 0) is 48.5 Å². The lowest BCUT2D eigenvalue weighted by atomic mass is 10.3. The van der Waals surface area contributed by atoms with Crippen LogP contribution < -0.4 is 9.73 Å². The third-order valence-corrected chi connectivity index (χ3v) is 5.85. The average Bonchev–Trinajstić information content (AvgIpc) is 2.73. The first kappa shape index (κ1) is 20.5. The van der Waals surface area contributed by atoms with Gasteiger partial charge in [0, 0.05) is 11.2 Å². The fraction of sp³-hybridized carbons (Fsp3) is 0.0500. The number of anilines is 1. The van der Waals surface area contributed by atoms with Gasteiger partial charge in [0.2, 0.25) is 0 Å². The molecule has 0 atom stereocenters. The van der Waals surface area contributed by atoms with Gasteiger partial charge in [-0.15, -0.1) is 0 Å². The molecule has 1 aromatic heterocycles. The molecule has 148 valence electrons. The number of hydrogen-bond acceptors (Lipinski definition) is 5. The molecule has 0 aliphatic carbocycles. The van der Waals surface area contributed by atoms with Crippen LogP contribution in [-0.2, 0) is 14.8 Å². The fourth-order valence-electron chi connectivity index (χ4n) is 2.43. The Morgan fingerprint density at radius 2 is 1.72 bits per heavy atom. The van der Waals surface area contributed by atoms with Crippen LogP contribution in [0.25, 0.3) is 0 Å². The Morgan fingerprint density at radius 1 is 1.03 bits per heavy atom. The number of carbonyl (C=O) groups excluding carboxylic acids is 1. The van der Waals surface area contributed by atoms with Gasteiger partial charge in [-0.1, -0.05) is 35.9 Å². The number of nitrogens with one attached hydrogen (secondary N) is 1. The molecule has 0 bridgehead atoms. The molecule has 2 aromatic carbocycles. The topological polar surface area (TPSA) is 91.7 Å². The lowest BCUT2D eigenvalue weighted by molar-refractivity contribution is -0.119. The van der Waals surface area contributed by atoms with Crippen LogP contribution in [0.15, 0.2) is 89.0 Å². The molecular weight excluding hydrogens is 412 g/mol. The Labute approximate surface area is 173 Å². The molecule has 29 heavy (non-hydrogen) atoms. The van der Waals surface area contributed by atoms with Crippen molar-refractivity contribution < 1.29 is 13.2 Å². The van der Waals surface area contributed by atoms with Crippen molar-refractivity contribution >= 4 is 39.4 Å². The third-order valence-electron chi connectivity index (χ3n) is 3.81. The van der Waals surface area contributed by atoms with Crippen molar-refractivity contribution in [1.82, 2.24) is 10.4 Å². The number of carbonyl (C=O) groups is 1. The molecule has 3 aromatic rings. The fourth-order valence-corrected chi connectivity index (χ4v) is 3.98. The highest BCUT2D eigenvalue weighted by atomic mass is 35.5. The predicted octanol–water partition coefficient (Wildman–Crippen LogP) is 3.08. The number of nitrogens with zero attached hydrogens (tertiary/aromatic N) is 3. The highest BCUT2D eigenvalue weighted by molar-refractivity contribution is 7.92. The lowest BCUT2D eigenvalue weighted by Crippen LogP contribution is -2.39. The van der Waals surface area contributed by atoms with Gasteiger partial charge in [-0.25, -0.2) is 13.8 Å². The number of benzene rings is 2. The molecule has 3 rings (SSSR count). The smallest absolute Gasteiger partial charge is 0.264 e. The Kier molecular flexibility index (Phi) is 6.58. The van der Waals surface area contributed by atoms with Crippen LogP contribution in [0.4, 0.5) is 5.69 Å². The van der Waals surface area contributed by atoms with Crippen LogP contribution in [-0.4, -0.2) is 32.1 Å². The van der Waals surface area contributed by atoms with Crippen molar-refractivity contribution in [1.29, 1.82) is 0 Å². The highest BCUT2D eigenvalue weighted by Gasteiger charge is 2.27. The van der Waals surface area contributed by atoms with E-state index in [1.54, 1.807) is 54.7 Å². The SMILES string of the molecule is O=C(CN(c1ccccc1)S(=O)(=O)c1ccc(Cl)cc1)N/N=C\c1ccccn1. The van der Waals surface area contributed by atoms with Crippen molar-refractivity contribution in [3.05, 3.63) is 89.7 Å². The van der Waals surface area contributed by atoms with Crippen molar-refractivity contribution in [3.63, 3.8) is 0 Å². The maximum atomic E-state index is 13.1. The number of sulfonamides is 1. The number of hydrogen-bond donors (Lipinski definition) is 1. The van der Waals surface area contributed by atoms with Crippen molar-refractivity contribution in [2.45, 2.75) is 4.90 Å². The van der Waals surface area contributed by atoms with Crippen LogP contribution in [0, 0.1) is 0 Å². The standard InChI is InChI=1S/C20H17ClN4O3S/c21-16-9-11-19(12-10-16)29(27,28)25(18-7-2-1-3-8-18)15-20(26)24-23-14-17-6-4-5-13-22-17/h1-14H,15H2,(H,24,26)/b23-14-. The van der Waals surface area contributed by atoms with E-state index in [9.17, 15) is 13.2 Å². The molecule has 1 N–H and O–H groups in total. The molecule has 0 saturated carbocycles. The molecule has 1 heterocycles. The van der Waals surface area contributed by atoms with Gasteiger partial charge in [0.15, 0.2) is 0 Å². The minimum Gasteiger partial charge on any atom is -0.271 e. The zero-order valence-corrected chi connectivity index (χ0v) is 16.7. The van der Waals surface area contributed by atoms with Gasteiger partial charge in [-0.3, -0.25) is 14.1 Å². The molecule has 0 radical (unpaired) electrons. The van der Waals surface area contributed by atoms with Crippen molar-refractivity contribution in [3.8, 4) is 0 Å². The minimum absolute atomic E-state index is 0.0236. The van der Waals surface area contributed by atoms with E-state index in [1.165, 1.54) is 30.5 Å². The summed E-state index contributed by atoms with van der Waals surface area (Å²) in [6.45, 7) is -0.450. The van der Waals surface area contributed by atoms with Gasteiger partial charge >= 0.3 is 0 Å². The summed E-state index contributed by atoms with van der Waals surface area (Å²) in [5, 5.41) is 4.24. The van der Waals surface area contributed by atoms with Crippen LogP contribution in [0.2, 0.25) is 5.02 Å². The molecule has 0 saturated heterocycles. The molecular formula is C20H17ClN4O3S. The summed E-state index contributed by atoms with van der Waals surface area (Å²) >= 11 is 5.86. The second kappa shape index (κ2) is 9.31. The van der Waals surface area contributed by atoms with E-state index in [0.29, 0.717) is 16.4 Å². The van der Waals surface area contributed by atoms with Crippen LogP contribution in [0.3, 0.4) is 0 Å². The van der Waals surface area contributed by atoms with E-state index in [0.717, 1.165) is 4.31 Å². The summed E-state index contributed by atoms with van der Waals surface area (Å²) in [5.41, 5.74) is 3.24. The monoisotopic (exact) mass is 428 g/mol. The molecule has 0 spiro atoms. The zero-order chi connectivity index (χ0) is 20.7. The van der Waals surface area contributed by atoms with Gasteiger partial charge < -0.3 is 0 Å². The van der Waals surface area contributed by atoms with Crippen LogP contribution in [0.1, 0.15) is 5.69 Å². The average molecular weight is 429 g/mol. The second-order valence-electron chi connectivity index (χ2n) is 5.85. The number of pyridine rings is 1. The van der Waals surface area contributed by atoms with E-state index >= 15 is 0 Å². The normalized spacial score (nSPS) is 11.3. The van der Waals surface area contributed by atoms with Gasteiger partial charge in [0.25, 0.3) is 15.9 Å². The summed E-state index contributed by atoms with van der Waals surface area (Å²) in [6.07, 6.45) is 2.97. The third kappa shape index (κ3) is 5.40. The molecule has 7 nitrogen and oxygen atoms in total. The van der Waals surface area contributed by atoms with E-state index in [2.05, 4.69) is 15.5 Å². The van der Waals surface area contributed by atoms with Crippen molar-refractivity contribution in [2.24, 2.45) is 5.10 Å². The number of aromatic nitrogens is 1. The van der Waals surface area contributed by atoms with Crippen molar-refractivity contribution in [2.75, 3.05) is 10.8 Å². The summed E-state index contributed by atoms with van der Waals surface area (Å²) < 4.78 is 27.3. The Balaban J connectivity index is 1.82. The van der Waals surface area contributed by atoms with Gasteiger partial charge in [0.05, 0.1) is 22.5 Å². The highest BCUT2D eigenvalue weighted by Crippen LogP contribution is 2.24. The first-order valence-electron chi connectivity index (χ1n) is 8.53. The number of halogens is 1. The van der Waals surface area contributed by atoms with Gasteiger partial charge in [-0.2, -0.15) is 5.10 Å². The molecule has 0 aliphatic heterocycles. The Hall–Kier alpha value is -3.23. The predicted molar refractivity (Wildman–Crippen MR) is 112 cm³/mol. The maximum absolute atomic E-state index is 13.1. The Bertz CT molecular complexity index is 1090. The number of amides is 1. The first-order valence-corrected chi connectivity index (χ1v) is 10.3. The summed E-state index contributed by atoms with van der Waals surface area (Å²) in [4.78, 5) is 16.5. The molecule has 9 heteroatoms. The molecule has 0 unspecified atom stereocenters. The summed E-state index contributed by atoms with van der Waals surface area (Å²) in [7, 11) is -3.99. The molecule has 0 fully saturated rings. The Morgan fingerprint density at radius 3 is 2.38 bits per heavy atom. The van der Waals surface area contributed by atoms with E-state index in [-0.39, 0.29) is 4.90 Å². The second-order valence-corrected chi connectivity index (χ2v) is 8.15. The number of para-hydroxylation sites is 1. The van der Waals surface area contributed by atoms with Crippen LogP contribution in [0.5, 0.6) is 0 Å². The number of hydrazone groups is 1. The zero-order valence-electron chi connectivity index (χ0n) is 15.1.